The summed E-state index contributed by atoms with van der Waals surface area (Å²) in [6.45, 7) is 3.57. The molecule has 2 fully saturated rings. The van der Waals surface area contributed by atoms with Gasteiger partial charge < -0.3 is 14.6 Å². The Morgan fingerprint density at radius 2 is 2.20 bits per heavy atom. The van der Waals surface area contributed by atoms with Crippen LogP contribution in [0.5, 0.6) is 5.75 Å². The molecule has 1 atom stereocenters. The first-order valence-electron chi connectivity index (χ1n) is 7.34. The summed E-state index contributed by atoms with van der Waals surface area (Å²) in [4.78, 5) is 2.48. The summed E-state index contributed by atoms with van der Waals surface area (Å²) in [6, 6.07) is 8.67. The molecule has 2 aliphatic heterocycles. The van der Waals surface area contributed by atoms with Crippen LogP contribution in [-0.4, -0.2) is 50.0 Å². The third-order valence-electron chi connectivity index (χ3n) is 4.55. The first-order valence-corrected chi connectivity index (χ1v) is 7.34. The summed E-state index contributed by atoms with van der Waals surface area (Å²) in [6.07, 6.45) is 2.35. The lowest BCUT2D eigenvalue weighted by molar-refractivity contribution is -0.149. The van der Waals surface area contributed by atoms with Crippen LogP contribution in [0.15, 0.2) is 24.3 Å². The largest absolute Gasteiger partial charge is 0.496 e. The first-order chi connectivity index (χ1) is 9.78. The van der Waals surface area contributed by atoms with Crippen molar-refractivity contribution in [3.8, 4) is 5.75 Å². The molecule has 1 unspecified atom stereocenters. The van der Waals surface area contributed by atoms with Gasteiger partial charge in [0.25, 0.3) is 0 Å². The van der Waals surface area contributed by atoms with E-state index >= 15 is 0 Å². The molecule has 2 heterocycles. The SMILES string of the molecule is COc1ccccc1C1CCCN1CC1(CO)COC1. The van der Waals surface area contributed by atoms with Crippen LogP contribution in [0.2, 0.25) is 0 Å². The number of rotatable bonds is 5. The molecule has 4 nitrogen and oxygen atoms in total. The van der Waals surface area contributed by atoms with Gasteiger partial charge >= 0.3 is 0 Å². The van der Waals surface area contributed by atoms with Gasteiger partial charge in [-0.05, 0) is 25.5 Å². The second-order valence-corrected chi connectivity index (χ2v) is 6.02. The van der Waals surface area contributed by atoms with Crippen molar-refractivity contribution >= 4 is 0 Å². The van der Waals surface area contributed by atoms with Gasteiger partial charge in [0, 0.05) is 18.2 Å². The van der Waals surface area contributed by atoms with E-state index in [4.69, 9.17) is 9.47 Å². The summed E-state index contributed by atoms with van der Waals surface area (Å²) in [7, 11) is 1.73. The van der Waals surface area contributed by atoms with E-state index in [1.54, 1.807) is 7.11 Å². The topological polar surface area (TPSA) is 41.9 Å². The quantitative estimate of drug-likeness (QED) is 0.892. The zero-order valence-electron chi connectivity index (χ0n) is 12.0. The lowest BCUT2D eigenvalue weighted by Crippen LogP contribution is -2.53. The van der Waals surface area contributed by atoms with Crippen LogP contribution < -0.4 is 4.74 Å². The fraction of sp³-hybridized carbons (Fsp3) is 0.625. The Balaban J connectivity index is 1.78. The highest BCUT2D eigenvalue weighted by Gasteiger charge is 2.42. The molecule has 0 aliphatic carbocycles. The smallest absolute Gasteiger partial charge is 0.123 e. The van der Waals surface area contributed by atoms with Gasteiger partial charge in [0.15, 0.2) is 0 Å². The maximum absolute atomic E-state index is 9.62. The van der Waals surface area contributed by atoms with Gasteiger partial charge in [-0.25, -0.2) is 0 Å². The van der Waals surface area contributed by atoms with E-state index in [1.165, 1.54) is 12.0 Å². The van der Waals surface area contributed by atoms with Crippen molar-refractivity contribution in [3.05, 3.63) is 29.8 Å². The van der Waals surface area contributed by atoms with E-state index in [9.17, 15) is 5.11 Å². The normalized spacial score (nSPS) is 25.4. The van der Waals surface area contributed by atoms with Gasteiger partial charge in [0.05, 0.1) is 32.3 Å². The van der Waals surface area contributed by atoms with Gasteiger partial charge in [-0.3, -0.25) is 4.90 Å². The van der Waals surface area contributed by atoms with Crippen LogP contribution in [0.4, 0.5) is 0 Å². The van der Waals surface area contributed by atoms with E-state index in [0.717, 1.165) is 25.3 Å². The van der Waals surface area contributed by atoms with Crippen LogP contribution in [0.3, 0.4) is 0 Å². The standard InChI is InChI=1S/C16H23NO3/c1-19-15-7-3-2-5-13(15)14-6-4-8-17(14)9-16(10-18)11-20-12-16/h2-3,5,7,14,18H,4,6,8-12H2,1H3. The van der Waals surface area contributed by atoms with Gasteiger partial charge in [0.1, 0.15) is 5.75 Å². The van der Waals surface area contributed by atoms with E-state index in [0.29, 0.717) is 19.3 Å². The monoisotopic (exact) mass is 277 g/mol. The van der Waals surface area contributed by atoms with Crippen molar-refractivity contribution in [1.29, 1.82) is 0 Å². The summed E-state index contributed by atoms with van der Waals surface area (Å²) >= 11 is 0. The number of para-hydroxylation sites is 1. The molecule has 0 amide bonds. The van der Waals surface area contributed by atoms with Crippen molar-refractivity contribution in [1.82, 2.24) is 4.90 Å². The summed E-state index contributed by atoms with van der Waals surface area (Å²) in [5.74, 6) is 0.965. The Hall–Kier alpha value is -1.10. The number of hydrogen-bond acceptors (Lipinski definition) is 4. The van der Waals surface area contributed by atoms with Crippen LogP contribution in [-0.2, 0) is 4.74 Å². The Labute approximate surface area is 120 Å². The molecule has 4 heteroatoms. The minimum atomic E-state index is -0.0510. The van der Waals surface area contributed by atoms with Crippen LogP contribution >= 0.6 is 0 Å². The number of aliphatic hydroxyl groups excluding tert-OH is 1. The van der Waals surface area contributed by atoms with E-state index < -0.39 is 0 Å². The molecule has 1 aromatic rings. The number of benzene rings is 1. The van der Waals surface area contributed by atoms with Crippen molar-refractivity contribution in [2.75, 3.05) is 40.0 Å². The number of hydrogen-bond donors (Lipinski definition) is 1. The number of methoxy groups -OCH3 is 1. The molecule has 20 heavy (non-hydrogen) atoms. The minimum absolute atomic E-state index is 0.0510. The Morgan fingerprint density at radius 3 is 2.85 bits per heavy atom. The first kappa shape index (κ1) is 13.9. The fourth-order valence-corrected chi connectivity index (χ4v) is 3.36. The predicted octanol–water partition coefficient (Wildman–Crippen LogP) is 1.84. The Kier molecular flexibility index (Phi) is 3.96. The van der Waals surface area contributed by atoms with Crippen molar-refractivity contribution < 1.29 is 14.6 Å². The van der Waals surface area contributed by atoms with E-state index in [1.807, 2.05) is 12.1 Å². The van der Waals surface area contributed by atoms with Crippen LogP contribution in [0.25, 0.3) is 0 Å². The predicted molar refractivity (Wildman–Crippen MR) is 76.9 cm³/mol. The number of nitrogens with zero attached hydrogens (tertiary/aromatic N) is 1. The molecule has 1 N–H and O–H groups in total. The van der Waals surface area contributed by atoms with Crippen molar-refractivity contribution in [2.24, 2.45) is 5.41 Å². The van der Waals surface area contributed by atoms with E-state index in [-0.39, 0.29) is 12.0 Å². The van der Waals surface area contributed by atoms with Gasteiger partial charge in [-0.1, -0.05) is 18.2 Å². The highest BCUT2D eigenvalue weighted by Crippen LogP contribution is 2.40. The van der Waals surface area contributed by atoms with Gasteiger partial charge in [-0.2, -0.15) is 0 Å². The summed E-state index contributed by atoms with van der Waals surface area (Å²) in [5, 5.41) is 9.62. The lowest BCUT2D eigenvalue weighted by atomic mass is 9.86. The molecular weight excluding hydrogens is 254 g/mol. The number of ether oxygens (including phenoxy) is 2. The molecule has 0 saturated carbocycles. The zero-order chi connectivity index (χ0) is 14.0. The molecule has 1 aromatic carbocycles. The molecule has 110 valence electrons. The molecule has 0 radical (unpaired) electrons. The molecule has 3 rings (SSSR count). The third kappa shape index (κ3) is 2.43. The maximum atomic E-state index is 9.62. The average molecular weight is 277 g/mol. The second-order valence-electron chi connectivity index (χ2n) is 6.02. The highest BCUT2D eigenvalue weighted by molar-refractivity contribution is 5.36. The second kappa shape index (κ2) is 5.72. The lowest BCUT2D eigenvalue weighted by Gasteiger charge is -2.43. The fourth-order valence-electron chi connectivity index (χ4n) is 3.36. The molecule has 0 spiro atoms. The molecular formula is C16H23NO3. The maximum Gasteiger partial charge on any atom is 0.123 e. The number of likely N-dealkylation sites (tertiary alicyclic amines) is 1. The van der Waals surface area contributed by atoms with Gasteiger partial charge in [0.2, 0.25) is 0 Å². The molecule has 0 bridgehead atoms. The molecule has 0 aromatic heterocycles. The molecule has 2 aliphatic rings. The zero-order valence-corrected chi connectivity index (χ0v) is 12.0. The Bertz CT molecular complexity index is 453. The average Bonchev–Trinajstić information content (AvgIpc) is 2.90. The van der Waals surface area contributed by atoms with Crippen LogP contribution in [0.1, 0.15) is 24.4 Å². The van der Waals surface area contributed by atoms with E-state index in [2.05, 4.69) is 17.0 Å². The van der Waals surface area contributed by atoms with Crippen molar-refractivity contribution in [3.63, 3.8) is 0 Å². The third-order valence-corrected chi connectivity index (χ3v) is 4.55. The van der Waals surface area contributed by atoms with Gasteiger partial charge in [-0.15, -0.1) is 0 Å². The highest BCUT2D eigenvalue weighted by atomic mass is 16.5. The Morgan fingerprint density at radius 1 is 1.40 bits per heavy atom. The minimum Gasteiger partial charge on any atom is -0.496 e. The molecule has 2 saturated heterocycles. The summed E-state index contributed by atoms with van der Waals surface area (Å²) in [5.41, 5.74) is 1.21. The summed E-state index contributed by atoms with van der Waals surface area (Å²) < 4.78 is 10.8. The number of aliphatic hydroxyl groups is 1. The van der Waals surface area contributed by atoms with Crippen LogP contribution in [0, 0.1) is 5.41 Å². The van der Waals surface area contributed by atoms with Crippen molar-refractivity contribution in [2.45, 2.75) is 18.9 Å².